The highest BCUT2D eigenvalue weighted by Crippen LogP contribution is 2.44. The van der Waals surface area contributed by atoms with E-state index in [1.807, 2.05) is 48.5 Å². The van der Waals surface area contributed by atoms with E-state index in [0.29, 0.717) is 12.8 Å². The molecule has 1 unspecified atom stereocenters. The van der Waals surface area contributed by atoms with Crippen LogP contribution in [0.15, 0.2) is 48.5 Å². The minimum Gasteiger partial charge on any atom is -0.481 e. The Labute approximate surface area is 199 Å². The fraction of sp³-hybridized carbons (Fsp3) is 0.400. The Hall–Kier alpha value is -3.56. The number of ether oxygens (including phenoxy) is 1. The lowest BCUT2D eigenvalue weighted by atomic mass is 9.97. The first-order chi connectivity index (χ1) is 16.6. The molecule has 0 bridgehead atoms. The number of carboxylic acid groups (broad SMARTS) is 1. The molecule has 1 aliphatic carbocycles. The Bertz CT molecular complexity index is 1070. The van der Waals surface area contributed by atoms with Crippen molar-refractivity contribution in [2.45, 2.75) is 37.4 Å². The summed E-state index contributed by atoms with van der Waals surface area (Å²) in [6.07, 6.45) is -6.44. The van der Waals surface area contributed by atoms with Crippen LogP contribution in [-0.4, -0.2) is 59.9 Å². The third-order valence-electron chi connectivity index (χ3n) is 6.53. The number of alkyl halides is 3. The lowest BCUT2D eigenvalue weighted by Gasteiger charge is -2.32. The number of carboxylic acids is 1. The maximum atomic E-state index is 13.6. The fourth-order valence-corrected chi connectivity index (χ4v) is 4.74. The standard InChI is InChI=1S/C25H25F3N2O5/c26-25(27,28)21(12-22(31)30-11-5-6-15(13-30)23(32)33)29-24(34)35-14-20-18-9-3-1-7-16(18)17-8-2-4-10-19(17)20/h1-4,7-10,15,20-21H,5-6,11-14H2,(H,29,34)(H,32,33)/t15-,21?/m1/s1. The Morgan fingerprint density at radius 1 is 1.06 bits per heavy atom. The quantitative estimate of drug-likeness (QED) is 0.634. The van der Waals surface area contributed by atoms with Gasteiger partial charge in [0, 0.05) is 19.0 Å². The molecule has 2 amide bonds. The van der Waals surface area contributed by atoms with Gasteiger partial charge in [-0.1, -0.05) is 48.5 Å². The largest absolute Gasteiger partial charge is 0.481 e. The van der Waals surface area contributed by atoms with Crippen LogP contribution in [0.2, 0.25) is 0 Å². The number of likely N-dealkylation sites (tertiary alicyclic amines) is 1. The maximum absolute atomic E-state index is 13.6. The van der Waals surface area contributed by atoms with Crippen molar-refractivity contribution in [2.75, 3.05) is 19.7 Å². The second-order valence-electron chi connectivity index (χ2n) is 8.79. The molecule has 2 aromatic carbocycles. The third-order valence-corrected chi connectivity index (χ3v) is 6.53. The zero-order valence-electron chi connectivity index (χ0n) is 18.8. The van der Waals surface area contributed by atoms with Gasteiger partial charge >= 0.3 is 18.2 Å². The molecule has 2 aromatic rings. The first kappa shape index (κ1) is 24.6. The minimum absolute atomic E-state index is 0.149. The number of aliphatic carboxylic acids is 1. The van der Waals surface area contributed by atoms with Crippen LogP contribution in [0.1, 0.15) is 36.3 Å². The first-order valence-corrected chi connectivity index (χ1v) is 11.3. The minimum atomic E-state index is -4.89. The lowest BCUT2D eigenvalue weighted by Crippen LogP contribution is -2.50. The van der Waals surface area contributed by atoms with Gasteiger partial charge in [-0.2, -0.15) is 13.2 Å². The van der Waals surface area contributed by atoms with Gasteiger partial charge in [-0.05, 0) is 35.1 Å². The van der Waals surface area contributed by atoms with E-state index in [0.717, 1.165) is 27.2 Å². The summed E-state index contributed by atoms with van der Waals surface area (Å²) in [5.74, 6) is -3.09. The van der Waals surface area contributed by atoms with Crippen molar-refractivity contribution in [1.29, 1.82) is 0 Å². The van der Waals surface area contributed by atoms with Crippen molar-refractivity contribution in [3.05, 3.63) is 59.7 Å². The number of halogens is 3. The van der Waals surface area contributed by atoms with E-state index in [1.54, 1.807) is 5.32 Å². The van der Waals surface area contributed by atoms with Crippen molar-refractivity contribution in [2.24, 2.45) is 5.92 Å². The first-order valence-electron chi connectivity index (χ1n) is 11.3. The Kier molecular flexibility index (Phi) is 7.00. The molecule has 0 saturated carbocycles. The predicted octanol–water partition coefficient (Wildman–Crippen LogP) is 4.17. The van der Waals surface area contributed by atoms with Gasteiger partial charge in [-0.15, -0.1) is 0 Å². The number of rotatable bonds is 6. The number of amides is 2. The number of nitrogens with zero attached hydrogens (tertiary/aromatic N) is 1. The number of benzene rings is 2. The Balaban J connectivity index is 1.39. The second-order valence-corrected chi connectivity index (χ2v) is 8.79. The molecule has 1 fully saturated rings. The topological polar surface area (TPSA) is 95.9 Å². The Morgan fingerprint density at radius 3 is 2.23 bits per heavy atom. The summed E-state index contributed by atoms with van der Waals surface area (Å²) in [7, 11) is 0. The number of hydrogen-bond donors (Lipinski definition) is 2. The van der Waals surface area contributed by atoms with E-state index >= 15 is 0 Å². The molecule has 2 atom stereocenters. The van der Waals surface area contributed by atoms with Gasteiger partial charge in [-0.3, -0.25) is 9.59 Å². The predicted molar refractivity (Wildman–Crippen MR) is 120 cm³/mol. The van der Waals surface area contributed by atoms with Crippen molar-refractivity contribution in [3.8, 4) is 11.1 Å². The number of piperidine rings is 1. The van der Waals surface area contributed by atoms with Crippen LogP contribution < -0.4 is 5.32 Å². The van der Waals surface area contributed by atoms with Gasteiger partial charge in [0.1, 0.15) is 12.6 Å². The molecule has 2 N–H and O–H groups in total. The molecule has 1 heterocycles. The van der Waals surface area contributed by atoms with E-state index in [2.05, 4.69) is 0 Å². The molecular weight excluding hydrogens is 465 g/mol. The highest BCUT2D eigenvalue weighted by atomic mass is 19.4. The molecule has 0 spiro atoms. The molecule has 0 radical (unpaired) electrons. The molecule has 1 aliphatic heterocycles. The van der Waals surface area contributed by atoms with Crippen molar-refractivity contribution < 1.29 is 37.4 Å². The number of alkyl carbamates (subject to hydrolysis) is 1. The molecular formula is C25H25F3N2O5. The van der Waals surface area contributed by atoms with Crippen LogP contribution in [0.25, 0.3) is 11.1 Å². The summed E-state index contributed by atoms with van der Waals surface area (Å²) >= 11 is 0. The van der Waals surface area contributed by atoms with Gasteiger partial charge in [0.25, 0.3) is 0 Å². The van der Waals surface area contributed by atoms with Gasteiger partial charge in [-0.25, -0.2) is 4.79 Å². The van der Waals surface area contributed by atoms with E-state index in [1.165, 1.54) is 0 Å². The number of nitrogens with one attached hydrogen (secondary N) is 1. The van der Waals surface area contributed by atoms with Crippen molar-refractivity contribution >= 4 is 18.0 Å². The van der Waals surface area contributed by atoms with E-state index < -0.39 is 42.5 Å². The van der Waals surface area contributed by atoms with E-state index in [4.69, 9.17) is 9.84 Å². The third kappa shape index (κ3) is 5.41. The number of hydrogen-bond acceptors (Lipinski definition) is 4. The molecule has 7 nitrogen and oxygen atoms in total. The molecule has 10 heteroatoms. The summed E-state index contributed by atoms with van der Waals surface area (Å²) in [4.78, 5) is 37.1. The van der Waals surface area contributed by atoms with Crippen molar-refractivity contribution in [1.82, 2.24) is 10.2 Å². The highest BCUT2D eigenvalue weighted by molar-refractivity contribution is 5.80. The SMILES string of the molecule is O=C(NC(CC(=O)N1CCC[C@@H](C(=O)O)C1)C(F)(F)F)OCC1c2ccccc2-c2ccccc21. The van der Waals surface area contributed by atoms with Crippen LogP contribution in [-0.2, 0) is 14.3 Å². The van der Waals surface area contributed by atoms with Crippen LogP contribution in [0.4, 0.5) is 18.0 Å². The Morgan fingerprint density at radius 2 is 1.66 bits per heavy atom. The smallest absolute Gasteiger partial charge is 0.409 e. The van der Waals surface area contributed by atoms with E-state index in [-0.39, 0.29) is 25.6 Å². The van der Waals surface area contributed by atoms with Gasteiger partial charge in [0.05, 0.1) is 12.3 Å². The average Bonchev–Trinajstić information content (AvgIpc) is 3.15. The number of carbonyl (C=O) groups is 3. The lowest BCUT2D eigenvalue weighted by molar-refractivity contribution is -0.164. The van der Waals surface area contributed by atoms with Crippen molar-refractivity contribution in [3.63, 3.8) is 0 Å². The van der Waals surface area contributed by atoms with Gasteiger partial charge < -0.3 is 20.1 Å². The van der Waals surface area contributed by atoms with Crippen LogP contribution in [0, 0.1) is 5.92 Å². The monoisotopic (exact) mass is 490 g/mol. The zero-order valence-corrected chi connectivity index (χ0v) is 18.8. The normalized spacial score (nSPS) is 18.4. The van der Waals surface area contributed by atoms with Crippen LogP contribution in [0.3, 0.4) is 0 Å². The summed E-state index contributed by atoms with van der Waals surface area (Å²) in [6.45, 7) is -0.132. The molecule has 2 aliphatic rings. The molecule has 4 rings (SSSR count). The second kappa shape index (κ2) is 9.97. The highest BCUT2D eigenvalue weighted by Gasteiger charge is 2.44. The number of fused-ring (bicyclic) bond motifs is 3. The van der Waals surface area contributed by atoms with Gasteiger partial charge in [0.2, 0.25) is 5.91 Å². The van der Waals surface area contributed by atoms with Gasteiger partial charge in [0.15, 0.2) is 0 Å². The molecule has 186 valence electrons. The average molecular weight is 490 g/mol. The summed E-state index contributed by atoms with van der Waals surface area (Å²) in [5.41, 5.74) is 3.80. The fourth-order valence-electron chi connectivity index (χ4n) is 4.74. The summed E-state index contributed by atoms with van der Waals surface area (Å²) < 4.78 is 46.0. The maximum Gasteiger partial charge on any atom is 0.409 e. The van der Waals surface area contributed by atoms with Crippen LogP contribution in [0.5, 0.6) is 0 Å². The molecule has 35 heavy (non-hydrogen) atoms. The van der Waals surface area contributed by atoms with Crippen LogP contribution >= 0.6 is 0 Å². The summed E-state index contributed by atoms with van der Waals surface area (Å²) in [5, 5.41) is 10.9. The molecule has 0 aromatic heterocycles. The van der Waals surface area contributed by atoms with E-state index in [9.17, 15) is 27.6 Å². The summed E-state index contributed by atoms with van der Waals surface area (Å²) in [6, 6.07) is 12.7. The number of carbonyl (C=O) groups excluding carboxylic acids is 2. The zero-order chi connectivity index (χ0) is 25.2. The molecule has 1 saturated heterocycles.